The third kappa shape index (κ3) is 4.42. The number of benzene rings is 1. The minimum Gasteiger partial charge on any atom is -0.366 e. The molecule has 1 unspecified atom stereocenters. The lowest BCUT2D eigenvalue weighted by Crippen LogP contribution is -2.41. The Bertz CT molecular complexity index is 804. The van der Waals surface area contributed by atoms with Gasteiger partial charge in [-0.2, -0.15) is 0 Å². The Hall–Kier alpha value is -2.19. The number of nitrogens with two attached hydrogens (primary N) is 1. The summed E-state index contributed by atoms with van der Waals surface area (Å²) < 4.78 is 0.842. The normalized spacial score (nSPS) is 11.6. The van der Waals surface area contributed by atoms with E-state index in [0.29, 0.717) is 21.7 Å². The highest BCUT2D eigenvalue weighted by Gasteiger charge is 2.18. The monoisotopic (exact) mass is 409 g/mol. The fraction of sp³-hybridized carbons (Fsp3) is 0.188. The molecule has 6 nitrogen and oxygen atoms in total. The van der Waals surface area contributed by atoms with Gasteiger partial charge >= 0.3 is 0 Å². The second-order valence-electron chi connectivity index (χ2n) is 5.18. The molecule has 4 N–H and O–H groups in total. The summed E-state index contributed by atoms with van der Waals surface area (Å²) in [4.78, 5) is 36.0. The van der Waals surface area contributed by atoms with Crippen LogP contribution in [-0.4, -0.2) is 23.8 Å². The Morgan fingerprint density at radius 2 is 1.92 bits per heavy atom. The van der Waals surface area contributed by atoms with Crippen molar-refractivity contribution in [3.63, 3.8) is 0 Å². The van der Waals surface area contributed by atoms with Gasteiger partial charge in [-0.05, 0) is 65.7 Å². The summed E-state index contributed by atoms with van der Waals surface area (Å²) in [7, 11) is 0. The van der Waals surface area contributed by atoms with E-state index >= 15 is 0 Å². The van der Waals surface area contributed by atoms with E-state index in [-0.39, 0.29) is 11.8 Å². The molecule has 0 aliphatic carbocycles. The molecule has 0 radical (unpaired) electrons. The molecule has 0 fully saturated rings. The summed E-state index contributed by atoms with van der Waals surface area (Å²) in [5, 5.41) is 5.34. The molecule has 1 aromatic carbocycles. The molecular weight excluding hydrogens is 394 g/mol. The van der Waals surface area contributed by atoms with Crippen LogP contribution in [0.5, 0.6) is 0 Å². The van der Waals surface area contributed by atoms with Crippen LogP contribution in [0.25, 0.3) is 0 Å². The SMILES string of the molecule is Cc1cc(NC(=O)C(C)NC(=O)c2ccc(Br)s2)ccc1C(N)=O. The van der Waals surface area contributed by atoms with Crippen LogP contribution in [0, 0.1) is 6.92 Å². The van der Waals surface area contributed by atoms with E-state index in [0.717, 1.165) is 3.79 Å². The van der Waals surface area contributed by atoms with Gasteiger partial charge in [0.1, 0.15) is 6.04 Å². The van der Waals surface area contributed by atoms with Gasteiger partial charge in [0.15, 0.2) is 0 Å². The van der Waals surface area contributed by atoms with E-state index < -0.39 is 11.9 Å². The van der Waals surface area contributed by atoms with Gasteiger partial charge < -0.3 is 16.4 Å². The Morgan fingerprint density at radius 1 is 1.21 bits per heavy atom. The highest BCUT2D eigenvalue weighted by atomic mass is 79.9. The third-order valence-corrected chi connectivity index (χ3v) is 4.92. The minimum atomic E-state index is -0.713. The molecular formula is C16H16BrN3O3S. The molecule has 0 aliphatic heterocycles. The maximum Gasteiger partial charge on any atom is 0.262 e. The second-order valence-corrected chi connectivity index (χ2v) is 7.65. The van der Waals surface area contributed by atoms with E-state index in [9.17, 15) is 14.4 Å². The van der Waals surface area contributed by atoms with Crippen LogP contribution < -0.4 is 16.4 Å². The molecule has 1 aromatic heterocycles. The predicted octanol–water partition coefficient (Wildman–Crippen LogP) is 2.67. The zero-order chi connectivity index (χ0) is 17.9. The summed E-state index contributed by atoms with van der Waals surface area (Å²) in [5.74, 6) is -1.19. The van der Waals surface area contributed by atoms with Gasteiger partial charge in [0.2, 0.25) is 11.8 Å². The van der Waals surface area contributed by atoms with E-state index in [2.05, 4.69) is 26.6 Å². The topological polar surface area (TPSA) is 101 Å². The van der Waals surface area contributed by atoms with Crippen molar-refractivity contribution in [2.75, 3.05) is 5.32 Å². The van der Waals surface area contributed by atoms with Crippen LogP contribution in [0.3, 0.4) is 0 Å². The van der Waals surface area contributed by atoms with Crippen molar-refractivity contribution in [1.82, 2.24) is 5.32 Å². The summed E-state index contributed by atoms with van der Waals surface area (Å²) in [5.41, 5.74) is 6.85. The number of halogens is 1. The van der Waals surface area contributed by atoms with Crippen LogP contribution >= 0.6 is 27.3 Å². The van der Waals surface area contributed by atoms with Crippen LogP contribution in [0.4, 0.5) is 5.69 Å². The second kappa shape index (κ2) is 7.59. The fourth-order valence-electron chi connectivity index (χ4n) is 2.04. The molecule has 0 bridgehead atoms. The Balaban J connectivity index is 2.00. The molecule has 0 aliphatic rings. The first-order valence-electron chi connectivity index (χ1n) is 7.05. The highest BCUT2D eigenvalue weighted by Crippen LogP contribution is 2.22. The number of hydrogen-bond acceptors (Lipinski definition) is 4. The molecule has 1 atom stereocenters. The lowest BCUT2D eigenvalue weighted by Gasteiger charge is -2.14. The number of rotatable bonds is 5. The first-order chi connectivity index (χ1) is 11.3. The fourth-order valence-corrected chi connectivity index (χ4v) is 3.33. The number of carbonyl (C=O) groups is 3. The van der Waals surface area contributed by atoms with Crippen LogP contribution in [-0.2, 0) is 4.79 Å². The van der Waals surface area contributed by atoms with Gasteiger partial charge in [-0.1, -0.05) is 0 Å². The predicted molar refractivity (Wildman–Crippen MR) is 97.3 cm³/mol. The quantitative estimate of drug-likeness (QED) is 0.707. The molecule has 2 rings (SSSR count). The number of thiophene rings is 1. The van der Waals surface area contributed by atoms with Gasteiger partial charge in [0.05, 0.1) is 8.66 Å². The zero-order valence-electron chi connectivity index (χ0n) is 13.1. The van der Waals surface area contributed by atoms with Crippen LogP contribution in [0.1, 0.15) is 32.5 Å². The van der Waals surface area contributed by atoms with Crippen LogP contribution in [0.15, 0.2) is 34.1 Å². The van der Waals surface area contributed by atoms with Crippen molar-refractivity contribution in [2.24, 2.45) is 5.73 Å². The van der Waals surface area contributed by atoms with Gasteiger partial charge in [-0.3, -0.25) is 14.4 Å². The number of primary amides is 1. The maximum atomic E-state index is 12.2. The Morgan fingerprint density at radius 3 is 2.46 bits per heavy atom. The number of aryl methyl sites for hydroxylation is 1. The first-order valence-corrected chi connectivity index (χ1v) is 8.66. The van der Waals surface area contributed by atoms with Crippen molar-refractivity contribution in [1.29, 1.82) is 0 Å². The van der Waals surface area contributed by atoms with E-state index in [1.54, 1.807) is 44.2 Å². The Kier molecular flexibility index (Phi) is 5.74. The molecule has 0 saturated heterocycles. The number of carbonyl (C=O) groups excluding carboxylic acids is 3. The van der Waals surface area contributed by atoms with Gasteiger partial charge in [-0.15, -0.1) is 11.3 Å². The Labute approximate surface area is 151 Å². The number of hydrogen-bond donors (Lipinski definition) is 3. The molecule has 1 heterocycles. The highest BCUT2D eigenvalue weighted by molar-refractivity contribution is 9.11. The maximum absolute atomic E-state index is 12.2. The minimum absolute atomic E-state index is 0.311. The number of amides is 3. The van der Waals surface area contributed by atoms with E-state index in [4.69, 9.17) is 5.73 Å². The summed E-state index contributed by atoms with van der Waals surface area (Å²) in [6.45, 7) is 3.33. The van der Waals surface area contributed by atoms with E-state index in [1.807, 2.05) is 0 Å². The lowest BCUT2D eigenvalue weighted by molar-refractivity contribution is -0.117. The van der Waals surface area contributed by atoms with Crippen LogP contribution in [0.2, 0.25) is 0 Å². The lowest BCUT2D eigenvalue weighted by atomic mass is 10.1. The molecule has 126 valence electrons. The molecule has 8 heteroatoms. The first kappa shape index (κ1) is 18.2. The van der Waals surface area contributed by atoms with E-state index in [1.165, 1.54) is 11.3 Å². The van der Waals surface area contributed by atoms with Crippen molar-refractivity contribution >= 4 is 50.7 Å². The average molecular weight is 410 g/mol. The molecule has 3 amide bonds. The van der Waals surface area contributed by atoms with Crippen molar-refractivity contribution in [3.05, 3.63) is 50.1 Å². The number of anilines is 1. The van der Waals surface area contributed by atoms with Crippen molar-refractivity contribution < 1.29 is 14.4 Å². The molecule has 0 saturated carbocycles. The largest absolute Gasteiger partial charge is 0.366 e. The standard InChI is InChI=1S/C16H16BrN3O3S/c1-8-7-10(3-4-11(8)14(18)21)20-15(22)9(2)19-16(23)12-5-6-13(17)24-12/h3-7,9H,1-2H3,(H2,18,21)(H,19,23)(H,20,22). The van der Waals surface area contributed by atoms with Crippen molar-refractivity contribution in [2.45, 2.75) is 19.9 Å². The average Bonchev–Trinajstić information content (AvgIpc) is 2.93. The van der Waals surface area contributed by atoms with Gasteiger partial charge in [0, 0.05) is 11.3 Å². The summed E-state index contributed by atoms with van der Waals surface area (Å²) >= 11 is 4.58. The van der Waals surface area contributed by atoms with Gasteiger partial charge in [0.25, 0.3) is 5.91 Å². The van der Waals surface area contributed by atoms with Gasteiger partial charge in [-0.25, -0.2) is 0 Å². The zero-order valence-corrected chi connectivity index (χ0v) is 15.5. The summed E-state index contributed by atoms with van der Waals surface area (Å²) in [6.07, 6.45) is 0. The van der Waals surface area contributed by atoms with Crippen molar-refractivity contribution in [3.8, 4) is 0 Å². The molecule has 0 spiro atoms. The number of nitrogens with one attached hydrogen (secondary N) is 2. The molecule has 24 heavy (non-hydrogen) atoms. The summed E-state index contributed by atoms with van der Waals surface area (Å²) in [6, 6.07) is 7.54. The smallest absolute Gasteiger partial charge is 0.262 e. The molecule has 2 aromatic rings. The third-order valence-electron chi connectivity index (χ3n) is 3.30.